The van der Waals surface area contributed by atoms with Crippen LogP contribution in [0.5, 0.6) is 0 Å². The zero-order valence-electron chi connectivity index (χ0n) is 9.76. The van der Waals surface area contributed by atoms with Crippen LogP contribution in [-0.2, 0) is 6.42 Å². The average molecular weight is 229 g/mol. The summed E-state index contributed by atoms with van der Waals surface area (Å²) in [4.78, 5) is 6.19. The average Bonchev–Trinajstić information content (AvgIpc) is 2.79. The van der Waals surface area contributed by atoms with Gasteiger partial charge in [-0.05, 0) is 24.1 Å². The van der Waals surface area contributed by atoms with E-state index in [4.69, 9.17) is 4.42 Å². The maximum atomic E-state index is 5.42. The SMILES string of the molecule is CN1CC(Cc2ccncc2)Nc2ccoc21. The Labute approximate surface area is 100 Å². The highest BCUT2D eigenvalue weighted by Gasteiger charge is 2.23. The molecule has 1 unspecified atom stereocenters. The molecule has 1 atom stereocenters. The van der Waals surface area contributed by atoms with Crippen molar-refractivity contribution in [2.45, 2.75) is 12.5 Å². The van der Waals surface area contributed by atoms with E-state index in [2.05, 4.69) is 34.4 Å². The Morgan fingerprint density at radius 2 is 2.24 bits per heavy atom. The Morgan fingerprint density at radius 3 is 3.06 bits per heavy atom. The van der Waals surface area contributed by atoms with Crippen molar-refractivity contribution in [2.75, 3.05) is 23.8 Å². The smallest absolute Gasteiger partial charge is 0.218 e. The topological polar surface area (TPSA) is 41.3 Å². The van der Waals surface area contributed by atoms with E-state index in [9.17, 15) is 0 Å². The lowest BCUT2D eigenvalue weighted by molar-refractivity contribution is 0.536. The summed E-state index contributed by atoms with van der Waals surface area (Å²) >= 11 is 0. The molecular formula is C13H15N3O. The molecule has 88 valence electrons. The van der Waals surface area contributed by atoms with Gasteiger partial charge in [0.1, 0.15) is 0 Å². The molecule has 4 nitrogen and oxygen atoms in total. The van der Waals surface area contributed by atoms with Crippen molar-refractivity contribution < 1.29 is 4.42 Å². The van der Waals surface area contributed by atoms with Crippen molar-refractivity contribution in [3.05, 3.63) is 42.4 Å². The van der Waals surface area contributed by atoms with Gasteiger partial charge in [-0.2, -0.15) is 0 Å². The van der Waals surface area contributed by atoms with Crippen molar-refractivity contribution >= 4 is 11.6 Å². The number of furan rings is 1. The van der Waals surface area contributed by atoms with Crippen molar-refractivity contribution in [1.29, 1.82) is 0 Å². The lowest BCUT2D eigenvalue weighted by Gasteiger charge is -2.31. The van der Waals surface area contributed by atoms with Gasteiger partial charge in [-0.15, -0.1) is 0 Å². The quantitative estimate of drug-likeness (QED) is 0.856. The van der Waals surface area contributed by atoms with Crippen molar-refractivity contribution in [1.82, 2.24) is 4.98 Å². The third-order valence-electron chi connectivity index (χ3n) is 3.08. The Kier molecular flexibility index (Phi) is 2.48. The minimum Gasteiger partial charge on any atom is -0.447 e. The number of hydrogen-bond donors (Lipinski definition) is 1. The molecule has 0 bridgehead atoms. The first-order chi connectivity index (χ1) is 8.33. The highest BCUT2D eigenvalue weighted by atomic mass is 16.3. The molecule has 1 N–H and O–H groups in total. The van der Waals surface area contributed by atoms with E-state index in [1.165, 1.54) is 5.56 Å². The summed E-state index contributed by atoms with van der Waals surface area (Å²) in [5.41, 5.74) is 2.38. The minimum absolute atomic E-state index is 0.410. The lowest BCUT2D eigenvalue weighted by atomic mass is 10.1. The van der Waals surface area contributed by atoms with Gasteiger partial charge in [-0.3, -0.25) is 4.98 Å². The van der Waals surface area contributed by atoms with Gasteiger partial charge in [0.05, 0.1) is 12.0 Å². The number of fused-ring (bicyclic) bond motifs is 1. The number of nitrogens with one attached hydrogen (secondary N) is 1. The normalized spacial score (nSPS) is 18.6. The predicted molar refractivity (Wildman–Crippen MR) is 67.3 cm³/mol. The first kappa shape index (κ1) is 10.2. The van der Waals surface area contributed by atoms with E-state index in [1.54, 1.807) is 6.26 Å². The monoisotopic (exact) mass is 229 g/mol. The molecular weight excluding hydrogens is 214 g/mol. The van der Waals surface area contributed by atoms with Crippen molar-refractivity contribution in [2.24, 2.45) is 0 Å². The molecule has 0 aromatic carbocycles. The summed E-state index contributed by atoms with van der Waals surface area (Å²) < 4.78 is 5.42. The molecule has 4 heteroatoms. The van der Waals surface area contributed by atoms with Crippen LogP contribution in [-0.4, -0.2) is 24.6 Å². The van der Waals surface area contributed by atoms with E-state index < -0.39 is 0 Å². The predicted octanol–water partition coefficient (Wildman–Crippen LogP) is 2.15. The largest absolute Gasteiger partial charge is 0.447 e. The van der Waals surface area contributed by atoms with Crippen molar-refractivity contribution in [3.8, 4) is 0 Å². The van der Waals surface area contributed by atoms with E-state index >= 15 is 0 Å². The summed E-state index contributed by atoms with van der Waals surface area (Å²) in [5, 5.41) is 3.50. The molecule has 0 aliphatic carbocycles. The Bertz CT molecular complexity index is 494. The highest BCUT2D eigenvalue weighted by Crippen LogP contribution is 2.31. The van der Waals surface area contributed by atoms with Crippen LogP contribution in [0.2, 0.25) is 0 Å². The zero-order chi connectivity index (χ0) is 11.7. The Hall–Kier alpha value is -1.97. The van der Waals surface area contributed by atoms with Crippen LogP contribution in [0.4, 0.5) is 11.6 Å². The molecule has 1 aliphatic heterocycles. The van der Waals surface area contributed by atoms with Gasteiger partial charge in [0, 0.05) is 38.1 Å². The highest BCUT2D eigenvalue weighted by molar-refractivity contribution is 5.66. The van der Waals surface area contributed by atoms with E-state index in [0.29, 0.717) is 6.04 Å². The lowest BCUT2D eigenvalue weighted by Crippen LogP contribution is -2.40. The van der Waals surface area contributed by atoms with E-state index in [-0.39, 0.29) is 0 Å². The number of likely N-dealkylation sites (N-methyl/N-ethyl adjacent to an activating group) is 1. The summed E-state index contributed by atoms with van der Waals surface area (Å²) in [6.07, 6.45) is 6.40. The number of anilines is 2. The van der Waals surface area contributed by atoms with Gasteiger partial charge >= 0.3 is 0 Å². The molecule has 0 radical (unpaired) electrons. The molecule has 0 fully saturated rings. The number of rotatable bonds is 2. The number of hydrogen-bond acceptors (Lipinski definition) is 4. The van der Waals surface area contributed by atoms with Crippen molar-refractivity contribution in [3.63, 3.8) is 0 Å². The zero-order valence-corrected chi connectivity index (χ0v) is 9.76. The second-order valence-electron chi connectivity index (χ2n) is 4.42. The van der Waals surface area contributed by atoms with Gasteiger partial charge in [0.15, 0.2) is 0 Å². The van der Waals surface area contributed by atoms with Crippen LogP contribution >= 0.6 is 0 Å². The Morgan fingerprint density at radius 1 is 1.41 bits per heavy atom. The summed E-state index contributed by atoms with van der Waals surface area (Å²) in [5.74, 6) is 0.927. The number of nitrogens with zero attached hydrogens (tertiary/aromatic N) is 2. The van der Waals surface area contributed by atoms with Gasteiger partial charge in [-0.1, -0.05) is 0 Å². The van der Waals surface area contributed by atoms with Crippen LogP contribution < -0.4 is 10.2 Å². The maximum absolute atomic E-state index is 5.42. The van der Waals surface area contributed by atoms with Gasteiger partial charge < -0.3 is 14.6 Å². The van der Waals surface area contributed by atoms with Crippen LogP contribution in [0.1, 0.15) is 5.56 Å². The van der Waals surface area contributed by atoms with E-state index in [1.807, 2.05) is 18.5 Å². The molecule has 1 aliphatic rings. The van der Waals surface area contributed by atoms with Gasteiger partial charge in [0.25, 0.3) is 0 Å². The van der Waals surface area contributed by atoms with Gasteiger partial charge in [-0.25, -0.2) is 0 Å². The van der Waals surface area contributed by atoms with Crippen LogP contribution in [0.15, 0.2) is 41.3 Å². The molecule has 0 spiro atoms. The molecule has 0 amide bonds. The van der Waals surface area contributed by atoms with Gasteiger partial charge in [0.2, 0.25) is 5.88 Å². The van der Waals surface area contributed by atoms with Crippen LogP contribution in [0, 0.1) is 0 Å². The summed E-state index contributed by atoms with van der Waals surface area (Å²) in [6.45, 7) is 0.947. The fourth-order valence-corrected chi connectivity index (χ4v) is 2.30. The molecule has 3 heterocycles. The molecule has 17 heavy (non-hydrogen) atoms. The molecule has 2 aromatic heterocycles. The minimum atomic E-state index is 0.410. The second kappa shape index (κ2) is 4.13. The fourth-order valence-electron chi connectivity index (χ4n) is 2.30. The van der Waals surface area contributed by atoms with Crippen LogP contribution in [0.25, 0.3) is 0 Å². The fraction of sp³-hybridized carbons (Fsp3) is 0.308. The van der Waals surface area contributed by atoms with E-state index in [0.717, 1.165) is 24.5 Å². The number of aromatic nitrogens is 1. The summed E-state index contributed by atoms with van der Waals surface area (Å²) in [7, 11) is 2.06. The Balaban J connectivity index is 1.76. The molecule has 0 saturated carbocycles. The first-order valence-electron chi connectivity index (χ1n) is 5.77. The second-order valence-corrected chi connectivity index (χ2v) is 4.42. The summed E-state index contributed by atoms with van der Waals surface area (Å²) in [6, 6.07) is 6.51. The van der Waals surface area contributed by atoms with Crippen LogP contribution in [0.3, 0.4) is 0 Å². The molecule has 3 rings (SSSR count). The molecule has 2 aromatic rings. The number of pyridine rings is 1. The molecule has 0 saturated heterocycles. The third kappa shape index (κ3) is 1.98. The third-order valence-corrected chi connectivity index (χ3v) is 3.08. The first-order valence-corrected chi connectivity index (χ1v) is 5.77. The maximum Gasteiger partial charge on any atom is 0.218 e. The standard InChI is InChI=1S/C13H15N3O/c1-16-9-11(8-10-2-5-14-6-3-10)15-12-4-7-17-13(12)16/h2-7,11,15H,8-9H2,1H3.